The summed E-state index contributed by atoms with van der Waals surface area (Å²) in [6, 6.07) is 12.9. The summed E-state index contributed by atoms with van der Waals surface area (Å²) in [6.45, 7) is 0. The van der Waals surface area contributed by atoms with Crippen LogP contribution in [0, 0.1) is 0 Å². The van der Waals surface area contributed by atoms with Crippen LogP contribution >= 0.6 is 0 Å². The Morgan fingerprint density at radius 1 is 1.06 bits per heavy atom. The molecule has 0 radical (unpaired) electrons. The normalized spacial score (nSPS) is 11.6. The lowest BCUT2D eigenvalue weighted by Crippen LogP contribution is -2.29. The third kappa shape index (κ3) is 1.08. The molecule has 3 heterocycles. The molecule has 5 heteroatoms. The Balaban J connectivity index is 2.34. The Morgan fingerprint density at radius 2 is 1.89 bits per heavy atom. The number of imidazole rings is 1. The molecule has 18 heavy (non-hydrogen) atoms. The van der Waals surface area contributed by atoms with Crippen molar-refractivity contribution >= 4 is 22.3 Å². The maximum atomic E-state index is 12.4. The van der Waals surface area contributed by atoms with Crippen LogP contribution < -0.4 is 9.62 Å². The summed E-state index contributed by atoms with van der Waals surface area (Å²) in [5.41, 5.74) is 2.10. The van der Waals surface area contributed by atoms with Gasteiger partial charge in [0.05, 0.1) is 11.0 Å². The SMILES string of the molecule is [O-]c1c2cccc[n+]2nc2nc3ccccc3n12. The van der Waals surface area contributed by atoms with Crippen molar-refractivity contribution in [3.8, 4) is 5.88 Å². The molecule has 4 rings (SSSR count). The van der Waals surface area contributed by atoms with E-state index < -0.39 is 0 Å². The van der Waals surface area contributed by atoms with Crippen molar-refractivity contribution in [1.29, 1.82) is 0 Å². The van der Waals surface area contributed by atoms with Crippen LogP contribution in [0.4, 0.5) is 0 Å². The van der Waals surface area contributed by atoms with Gasteiger partial charge in [-0.15, -0.1) is 0 Å². The second kappa shape index (κ2) is 3.16. The molecule has 0 fully saturated rings. The topological polar surface area (TPSA) is 57.3 Å². The first-order chi connectivity index (χ1) is 8.84. The zero-order chi connectivity index (χ0) is 12.1. The molecule has 0 amide bonds. The molecule has 86 valence electrons. The van der Waals surface area contributed by atoms with E-state index in [0.29, 0.717) is 11.3 Å². The van der Waals surface area contributed by atoms with Gasteiger partial charge in [0.15, 0.2) is 0 Å². The molecule has 3 aromatic heterocycles. The summed E-state index contributed by atoms with van der Waals surface area (Å²) in [5.74, 6) is 0.319. The van der Waals surface area contributed by atoms with Crippen molar-refractivity contribution in [2.24, 2.45) is 0 Å². The van der Waals surface area contributed by atoms with E-state index in [9.17, 15) is 5.11 Å². The van der Waals surface area contributed by atoms with Crippen LogP contribution in [-0.2, 0) is 0 Å². The molecule has 0 spiro atoms. The molecule has 0 atom stereocenters. The standard InChI is InChI=1S/C13H8N4O/c18-12-11-7-3-4-8-16(11)15-13-14-9-5-1-2-6-10(9)17(12)13/h1-8H. The molecule has 0 N–H and O–H groups in total. The third-order valence-electron chi connectivity index (χ3n) is 3.00. The quantitative estimate of drug-likeness (QED) is 0.422. The molecule has 0 saturated heterocycles. The minimum absolute atomic E-state index is 0.102. The highest BCUT2D eigenvalue weighted by atomic mass is 16.3. The highest BCUT2D eigenvalue weighted by Crippen LogP contribution is 2.20. The summed E-state index contributed by atoms with van der Waals surface area (Å²) in [6.07, 6.45) is 1.75. The van der Waals surface area contributed by atoms with Gasteiger partial charge >= 0.3 is 0 Å². The minimum atomic E-state index is -0.102. The van der Waals surface area contributed by atoms with Gasteiger partial charge in [-0.3, -0.25) is 4.40 Å². The predicted molar refractivity (Wildman–Crippen MR) is 63.1 cm³/mol. The number of para-hydroxylation sites is 2. The molecular formula is C13H8N4O. The van der Waals surface area contributed by atoms with Crippen LogP contribution in [0.25, 0.3) is 22.3 Å². The van der Waals surface area contributed by atoms with Crippen LogP contribution in [0.1, 0.15) is 0 Å². The fourth-order valence-corrected chi connectivity index (χ4v) is 2.18. The number of rotatable bonds is 0. The van der Waals surface area contributed by atoms with E-state index in [1.54, 1.807) is 21.2 Å². The van der Waals surface area contributed by atoms with Gasteiger partial charge in [-0.05, 0) is 22.7 Å². The zero-order valence-electron chi connectivity index (χ0n) is 9.32. The van der Waals surface area contributed by atoms with E-state index in [1.807, 2.05) is 36.4 Å². The average Bonchev–Trinajstić information content (AvgIpc) is 2.77. The molecule has 0 aliphatic heterocycles. The molecule has 0 bridgehead atoms. The van der Waals surface area contributed by atoms with E-state index in [0.717, 1.165) is 11.0 Å². The van der Waals surface area contributed by atoms with Gasteiger partial charge in [0.1, 0.15) is 0 Å². The Bertz CT molecular complexity index is 897. The molecule has 0 aliphatic rings. The van der Waals surface area contributed by atoms with Gasteiger partial charge in [-0.25, -0.2) is 4.98 Å². The van der Waals surface area contributed by atoms with E-state index in [1.165, 1.54) is 0 Å². The van der Waals surface area contributed by atoms with Gasteiger partial charge in [0.2, 0.25) is 11.7 Å². The fourth-order valence-electron chi connectivity index (χ4n) is 2.18. The van der Waals surface area contributed by atoms with Crippen molar-refractivity contribution < 1.29 is 9.62 Å². The first-order valence-electron chi connectivity index (χ1n) is 5.59. The van der Waals surface area contributed by atoms with Gasteiger partial charge < -0.3 is 5.11 Å². The number of nitrogens with zero attached hydrogens (tertiary/aromatic N) is 4. The molecule has 0 saturated carbocycles. The van der Waals surface area contributed by atoms with E-state index in [4.69, 9.17) is 0 Å². The van der Waals surface area contributed by atoms with Crippen molar-refractivity contribution in [2.75, 3.05) is 0 Å². The van der Waals surface area contributed by atoms with Crippen LogP contribution in [-0.4, -0.2) is 14.5 Å². The average molecular weight is 236 g/mol. The summed E-state index contributed by atoms with van der Waals surface area (Å²) < 4.78 is 3.11. The predicted octanol–water partition coefficient (Wildman–Crippen LogP) is 0.695. The largest absolute Gasteiger partial charge is 0.855 e. The highest BCUT2D eigenvalue weighted by Gasteiger charge is 2.13. The maximum Gasteiger partial charge on any atom is 0.300 e. The molecule has 5 nitrogen and oxygen atoms in total. The van der Waals surface area contributed by atoms with Crippen LogP contribution in [0.3, 0.4) is 0 Å². The fraction of sp³-hybridized carbons (Fsp3) is 0. The van der Waals surface area contributed by atoms with Crippen LogP contribution in [0.2, 0.25) is 0 Å². The van der Waals surface area contributed by atoms with Crippen molar-refractivity contribution in [2.45, 2.75) is 0 Å². The lowest BCUT2D eigenvalue weighted by molar-refractivity contribution is -0.582. The first-order valence-corrected chi connectivity index (χ1v) is 5.59. The number of fused-ring (bicyclic) bond motifs is 4. The van der Waals surface area contributed by atoms with Gasteiger partial charge in [0, 0.05) is 23.1 Å². The third-order valence-corrected chi connectivity index (χ3v) is 3.00. The summed E-state index contributed by atoms with van der Waals surface area (Å²) in [5, 5.41) is 16.8. The van der Waals surface area contributed by atoms with Crippen LogP contribution in [0.5, 0.6) is 5.88 Å². The molecule has 0 unspecified atom stereocenters. The second-order valence-corrected chi connectivity index (χ2v) is 4.07. The number of hydrogen-bond acceptors (Lipinski definition) is 3. The van der Waals surface area contributed by atoms with Gasteiger partial charge in [-0.2, -0.15) is 0 Å². The first kappa shape index (κ1) is 9.35. The molecular weight excluding hydrogens is 228 g/mol. The number of pyridine rings is 1. The highest BCUT2D eigenvalue weighted by molar-refractivity contribution is 5.80. The summed E-state index contributed by atoms with van der Waals surface area (Å²) >= 11 is 0. The summed E-state index contributed by atoms with van der Waals surface area (Å²) in [7, 11) is 0. The lowest BCUT2D eigenvalue weighted by atomic mass is 10.3. The zero-order valence-corrected chi connectivity index (χ0v) is 9.32. The second-order valence-electron chi connectivity index (χ2n) is 4.07. The van der Waals surface area contributed by atoms with E-state index >= 15 is 0 Å². The smallest absolute Gasteiger partial charge is 0.300 e. The van der Waals surface area contributed by atoms with Gasteiger partial charge in [-0.1, -0.05) is 12.1 Å². The number of aromatic nitrogens is 4. The lowest BCUT2D eigenvalue weighted by Gasteiger charge is -2.07. The molecule has 4 aromatic rings. The van der Waals surface area contributed by atoms with Crippen molar-refractivity contribution in [3.05, 3.63) is 48.7 Å². The number of benzene rings is 1. The Morgan fingerprint density at radius 3 is 2.83 bits per heavy atom. The van der Waals surface area contributed by atoms with Crippen molar-refractivity contribution in [3.63, 3.8) is 0 Å². The molecule has 0 aliphatic carbocycles. The number of hydrogen-bond donors (Lipinski definition) is 0. The van der Waals surface area contributed by atoms with Gasteiger partial charge in [0.25, 0.3) is 5.78 Å². The summed E-state index contributed by atoms with van der Waals surface area (Å²) in [4.78, 5) is 4.36. The van der Waals surface area contributed by atoms with Crippen molar-refractivity contribution in [1.82, 2.24) is 14.5 Å². The molecule has 1 aromatic carbocycles. The Labute approximate surface area is 102 Å². The Hall–Kier alpha value is -2.69. The minimum Gasteiger partial charge on any atom is -0.855 e. The monoisotopic (exact) mass is 236 g/mol. The maximum absolute atomic E-state index is 12.4. The van der Waals surface area contributed by atoms with Crippen LogP contribution in [0.15, 0.2) is 48.7 Å². The van der Waals surface area contributed by atoms with E-state index in [-0.39, 0.29) is 5.88 Å². The van der Waals surface area contributed by atoms with E-state index in [2.05, 4.69) is 10.1 Å². The Kier molecular flexibility index (Phi) is 1.64.